The predicted molar refractivity (Wildman–Crippen MR) is 120 cm³/mol. The lowest BCUT2D eigenvalue weighted by atomic mass is 9.78. The average Bonchev–Trinajstić information content (AvgIpc) is 3.10. The highest BCUT2D eigenvalue weighted by atomic mass is 16.6. The molecule has 0 saturated heterocycles. The monoisotopic (exact) mass is 421 g/mol. The van der Waals surface area contributed by atoms with Crippen molar-refractivity contribution in [2.24, 2.45) is 0 Å². The van der Waals surface area contributed by atoms with Crippen LogP contribution in [0.4, 0.5) is 11.4 Å². The van der Waals surface area contributed by atoms with Crippen molar-refractivity contribution in [1.29, 1.82) is 0 Å². The number of allylic oxidation sites excluding steroid dienone is 1. The van der Waals surface area contributed by atoms with E-state index in [0.29, 0.717) is 22.4 Å². The molecule has 1 unspecified atom stereocenters. The van der Waals surface area contributed by atoms with Crippen molar-refractivity contribution in [3.63, 3.8) is 0 Å². The molecule has 3 aromatic carbocycles. The molecule has 0 spiro atoms. The van der Waals surface area contributed by atoms with Crippen molar-refractivity contribution >= 4 is 33.8 Å². The van der Waals surface area contributed by atoms with E-state index >= 15 is 0 Å². The van der Waals surface area contributed by atoms with Gasteiger partial charge in [-0.15, -0.1) is 0 Å². The van der Waals surface area contributed by atoms with E-state index in [-0.39, 0.29) is 5.78 Å². The molecule has 2 heterocycles. The van der Waals surface area contributed by atoms with E-state index in [1.54, 1.807) is 18.3 Å². The number of phenolic OH excluding ortho intramolecular Hbond substituents is 1. The van der Waals surface area contributed by atoms with E-state index in [2.05, 4.69) is 10.3 Å². The van der Waals surface area contributed by atoms with Gasteiger partial charge in [0.1, 0.15) is 0 Å². The predicted octanol–water partition coefficient (Wildman–Crippen LogP) is 5.01. The van der Waals surface area contributed by atoms with E-state index in [1.807, 2.05) is 42.5 Å². The number of aromatic hydroxyl groups is 1. The Labute approximate surface area is 181 Å². The number of carbonyl (C=O) groups excluding carboxylic acids is 1. The molecular weight excluding hydrogens is 406 g/mol. The minimum Gasteiger partial charge on any atom is -0.502 e. The van der Waals surface area contributed by atoms with Gasteiger partial charge in [0.15, 0.2) is 11.5 Å². The molecule has 0 radical (unpaired) electrons. The van der Waals surface area contributed by atoms with Gasteiger partial charge in [-0.2, -0.15) is 0 Å². The molecule has 0 bridgehead atoms. The topological polar surface area (TPSA) is 105 Å². The maximum absolute atomic E-state index is 13.5. The van der Waals surface area contributed by atoms with Gasteiger partial charge in [-0.3, -0.25) is 19.9 Å². The highest BCUT2D eigenvalue weighted by Gasteiger charge is 2.41. The van der Waals surface area contributed by atoms with Gasteiger partial charge in [-0.25, -0.2) is 0 Å². The number of nitro benzene ring substituents is 1. The van der Waals surface area contributed by atoms with Crippen LogP contribution < -0.4 is 5.32 Å². The molecule has 7 heteroatoms. The van der Waals surface area contributed by atoms with E-state index in [0.717, 1.165) is 27.7 Å². The molecule has 0 amide bonds. The number of Topliss-reactive ketones (excluding diaryl/α,β-unsaturated/α-hetero) is 1. The van der Waals surface area contributed by atoms with Gasteiger partial charge < -0.3 is 10.4 Å². The summed E-state index contributed by atoms with van der Waals surface area (Å²) in [5.41, 5.74) is 5.22. The first-order chi connectivity index (χ1) is 15.5. The first-order valence-electron chi connectivity index (χ1n) is 10.0. The standard InChI is InChI=1S/C25H15N3O4/c29-20-10-7-13(12-19(20)28(31)32)21-22-16-6-3-11-26-17(16)8-9-18(22)27-24-14-4-1-2-5-15(14)25(30)23(21)24/h1-12,21,27,29H. The van der Waals surface area contributed by atoms with Crippen LogP contribution in [0, 0.1) is 10.1 Å². The van der Waals surface area contributed by atoms with Crippen LogP contribution in [-0.4, -0.2) is 20.8 Å². The summed E-state index contributed by atoms with van der Waals surface area (Å²) in [6.07, 6.45) is 1.70. The number of nitro groups is 1. The summed E-state index contributed by atoms with van der Waals surface area (Å²) < 4.78 is 0. The number of hydrogen-bond acceptors (Lipinski definition) is 6. The van der Waals surface area contributed by atoms with Gasteiger partial charge >= 0.3 is 5.69 Å². The molecule has 0 saturated carbocycles. The second kappa shape index (κ2) is 6.49. The van der Waals surface area contributed by atoms with Crippen LogP contribution in [0.25, 0.3) is 16.6 Å². The molecular formula is C25H15N3O4. The summed E-state index contributed by atoms with van der Waals surface area (Å²) in [6, 6.07) is 19.3. The number of anilines is 1. The van der Waals surface area contributed by atoms with E-state index in [1.165, 1.54) is 12.1 Å². The lowest BCUT2D eigenvalue weighted by Gasteiger charge is -2.30. The third-order valence-electron chi connectivity index (χ3n) is 6.15. The molecule has 1 atom stereocenters. The number of rotatable bonds is 2. The minimum absolute atomic E-state index is 0.115. The molecule has 154 valence electrons. The molecule has 1 aliphatic carbocycles. The SMILES string of the molecule is O=C1C2=C(Nc3ccc4ncccc4c3C2c2ccc(O)c([N+](=O)[O-])c2)c2ccccc21. The molecule has 2 N–H and O–H groups in total. The van der Waals surface area contributed by atoms with Gasteiger partial charge in [0.05, 0.1) is 16.1 Å². The fourth-order valence-electron chi connectivity index (χ4n) is 4.79. The zero-order valence-electron chi connectivity index (χ0n) is 16.6. The van der Waals surface area contributed by atoms with Crippen molar-refractivity contribution < 1.29 is 14.8 Å². The van der Waals surface area contributed by atoms with Crippen LogP contribution in [0.2, 0.25) is 0 Å². The summed E-state index contributed by atoms with van der Waals surface area (Å²) in [4.78, 5) is 28.9. The Morgan fingerprint density at radius 3 is 2.62 bits per heavy atom. The highest BCUT2D eigenvalue weighted by Crippen LogP contribution is 2.51. The Bertz CT molecular complexity index is 1520. The Balaban J connectivity index is 1.69. The quantitative estimate of drug-likeness (QED) is 0.348. The average molecular weight is 421 g/mol. The first kappa shape index (κ1) is 18.3. The number of aromatic nitrogens is 1. The molecule has 1 aliphatic heterocycles. The van der Waals surface area contributed by atoms with E-state index in [4.69, 9.17) is 0 Å². The summed E-state index contributed by atoms with van der Waals surface area (Å²) >= 11 is 0. The van der Waals surface area contributed by atoms with Crippen LogP contribution >= 0.6 is 0 Å². The third-order valence-corrected chi connectivity index (χ3v) is 6.15. The van der Waals surface area contributed by atoms with Crippen LogP contribution in [-0.2, 0) is 0 Å². The fourth-order valence-corrected chi connectivity index (χ4v) is 4.79. The fraction of sp³-hybridized carbons (Fsp3) is 0.0400. The summed E-state index contributed by atoms with van der Waals surface area (Å²) in [6.45, 7) is 0. The molecule has 2 aliphatic rings. The Hall–Kier alpha value is -4.52. The molecule has 7 nitrogen and oxygen atoms in total. The van der Waals surface area contributed by atoms with E-state index in [9.17, 15) is 20.0 Å². The summed E-state index contributed by atoms with van der Waals surface area (Å²) in [5.74, 6) is -1.09. The number of hydrogen-bond donors (Lipinski definition) is 2. The molecule has 32 heavy (non-hydrogen) atoms. The maximum atomic E-state index is 13.5. The number of fused-ring (bicyclic) bond motifs is 5. The second-order valence-corrected chi connectivity index (χ2v) is 7.82. The lowest BCUT2D eigenvalue weighted by molar-refractivity contribution is -0.385. The molecule has 6 rings (SSSR count). The van der Waals surface area contributed by atoms with Crippen molar-refractivity contribution in [3.05, 3.63) is 111 Å². The Morgan fingerprint density at radius 2 is 1.81 bits per heavy atom. The summed E-state index contributed by atoms with van der Waals surface area (Å²) in [7, 11) is 0. The third kappa shape index (κ3) is 2.42. The molecule has 1 aromatic heterocycles. The number of nitrogens with zero attached hydrogens (tertiary/aromatic N) is 2. The Kier molecular flexibility index (Phi) is 3.70. The zero-order valence-corrected chi connectivity index (χ0v) is 16.6. The van der Waals surface area contributed by atoms with Gasteiger partial charge in [0.2, 0.25) is 0 Å². The summed E-state index contributed by atoms with van der Waals surface area (Å²) in [5, 5.41) is 25.8. The second-order valence-electron chi connectivity index (χ2n) is 7.82. The van der Waals surface area contributed by atoms with Crippen LogP contribution in [0.5, 0.6) is 5.75 Å². The van der Waals surface area contributed by atoms with Gasteiger partial charge in [0, 0.05) is 46.0 Å². The largest absolute Gasteiger partial charge is 0.502 e. The van der Waals surface area contributed by atoms with Gasteiger partial charge in [-0.05, 0) is 35.4 Å². The van der Waals surface area contributed by atoms with Crippen molar-refractivity contribution in [2.45, 2.75) is 5.92 Å². The number of ketones is 1. The Morgan fingerprint density at radius 1 is 1.00 bits per heavy atom. The van der Waals surface area contributed by atoms with Crippen LogP contribution in [0.1, 0.15) is 33.0 Å². The van der Waals surface area contributed by atoms with Crippen molar-refractivity contribution in [1.82, 2.24) is 4.98 Å². The van der Waals surface area contributed by atoms with E-state index < -0.39 is 22.3 Å². The van der Waals surface area contributed by atoms with Crippen molar-refractivity contribution in [3.8, 4) is 5.75 Å². The number of phenols is 1. The number of carbonyl (C=O) groups is 1. The highest BCUT2D eigenvalue weighted by molar-refractivity contribution is 6.24. The molecule has 0 fully saturated rings. The van der Waals surface area contributed by atoms with Crippen molar-refractivity contribution in [2.75, 3.05) is 5.32 Å². The molecule has 4 aromatic rings. The minimum atomic E-state index is -0.619. The smallest absolute Gasteiger partial charge is 0.310 e. The van der Waals surface area contributed by atoms with Crippen LogP contribution in [0.15, 0.2) is 78.5 Å². The van der Waals surface area contributed by atoms with Gasteiger partial charge in [-0.1, -0.05) is 36.4 Å². The van der Waals surface area contributed by atoms with Gasteiger partial charge in [0.25, 0.3) is 0 Å². The normalized spacial score (nSPS) is 16.4. The first-order valence-corrected chi connectivity index (χ1v) is 10.0. The zero-order chi connectivity index (χ0) is 22.0. The maximum Gasteiger partial charge on any atom is 0.310 e. The van der Waals surface area contributed by atoms with Crippen LogP contribution in [0.3, 0.4) is 0 Å². The number of benzene rings is 3. The number of pyridine rings is 1. The number of nitrogens with one attached hydrogen (secondary N) is 1. The lowest BCUT2D eigenvalue weighted by Crippen LogP contribution is -2.19.